The molecule has 5 rings (SSSR count). The molecule has 0 radical (unpaired) electrons. The molecule has 1 amide bonds. The Bertz CT molecular complexity index is 1360. The summed E-state index contributed by atoms with van der Waals surface area (Å²) in [5.74, 6) is 1.61. The number of carbonyl (C=O) groups excluding carboxylic acids is 1. The first-order chi connectivity index (χ1) is 18.8. The summed E-state index contributed by atoms with van der Waals surface area (Å²) in [6.45, 7) is 2.95. The standard InChI is InChI=1S/C28H32F2N6O3/c1-17-12-19(34-26-24(39-3)25(31)32-16-33-26)13-21-23(17)27(37)36(14-18-4-6-20(38-2)7-5-18)28(21)8-10-35(11-9-28)15-22(29)30/h4-7,12-13,16,22H,8-11,14-15H2,1-3H3,(H3,31,32,33,34). The molecule has 2 aliphatic rings. The largest absolute Gasteiger partial charge is 0.497 e. The van der Waals surface area contributed by atoms with Crippen LogP contribution in [0.15, 0.2) is 42.7 Å². The lowest BCUT2D eigenvalue weighted by Crippen LogP contribution is -2.51. The highest BCUT2D eigenvalue weighted by Crippen LogP contribution is 2.49. The number of amides is 1. The van der Waals surface area contributed by atoms with Gasteiger partial charge in [-0.2, -0.15) is 0 Å². The van der Waals surface area contributed by atoms with E-state index in [4.69, 9.17) is 15.2 Å². The number of nitrogens with zero attached hydrogens (tertiary/aromatic N) is 4. The predicted octanol–water partition coefficient (Wildman–Crippen LogP) is 4.34. The number of rotatable bonds is 8. The van der Waals surface area contributed by atoms with Crippen LogP contribution < -0.4 is 20.5 Å². The zero-order valence-electron chi connectivity index (χ0n) is 22.2. The van der Waals surface area contributed by atoms with Crippen LogP contribution in [-0.4, -0.2) is 66.0 Å². The molecule has 206 valence electrons. The van der Waals surface area contributed by atoms with E-state index >= 15 is 0 Å². The fourth-order valence-corrected chi connectivity index (χ4v) is 5.78. The van der Waals surface area contributed by atoms with Gasteiger partial charge in [0.1, 0.15) is 12.1 Å². The molecule has 2 aliphatic heterocycles. The van der Waals surface area contributed by atoms with Gasteiger partial charge in [0.25, 0.3) is 12.3 Å². The molecule has 0 bridgehead atoms. The second-order valence-electron chi connectivity index (χ2n) is 9.94. The molecule has 0 saturated carbocycles. The van der Waals surface area contributed by atoms with Crippen molar-refractivity contribution in [3.05, 3.63) is 65.0 Å². The molecule has 0 atom stereocenters. The van der Waals surface area contributed by atoms with Gasteiger partial charge in [-0.05, 0) is 60.7 Å². The van der Waals surface area contributed by atoms with Gasteiger partial charge in [0, 0.05) is 30.9 Å². The highest BCUT2D eigenvalue weighted by molar-refractivity contribution is 6.02. The first kappa shape index (κ1) is 26.6. The number of nitrogen functional groups attached to an aromatic ring is 1. The highest BCUT2D eigenvalue weighted by atomic mass is 19.3. The number of aromatic nitrogens is 2. The number of hydrogen-bond donors (Lipinski definition) is 2. The van der Waals surface area contributed by atoms with E-state index in [2.05, 4.69) is 15.3 Å². The average molecular weight is 539 g/mol. The molecule has 0 aliphatic carbocycles. The van der Waals surface area contributed by atoms with E-state index in [-0.39, 0.29) is 18.3 Å². The number of anilines is 3. The van der Waals surface area contributed by atoms with Gasteiger partial charge in [0.05, 0.1) is 26.3 Å². The second kappa shape index (κ2) is 10.6. The van der Waals surface area contributed by atoms with Crippen LogP contribution in [0.25, 0.3) is 0 Å². The molecular weight excluding hydrogens is 506 g/mol. The lowest BCUT2D eigenvalue weighted by Gasteiger charge is -2.45. The third-order valence-corrected chi connectivity index (χ3v) is 7.69. The molecule has 11 heteroatoms. The van der Waals surface area contributed by atoms with E-state index in [1.165, 1.54) is 13.4 Å². The van der Waals surface area contributed by atoms with Crippen LogP contribution in [0.3, 0.4) is 0 Å². The Labute approximate surface area is 225 Å². The van der Waals surface area contributed by atoms with Crippen molar-refractivity contribution in [3.63, 3.8) is 0 Å². The Hall–Kier alpha value is -3.99. The van der Waals surface area contributed by atoms with Crippen molar-refractivity contribution in [2.75, 3.05) is 44.9 Å². The fraction of sp³-hybridized carbons (Fsp3) is 0.393. The number of nitrogens with two attached hydrogens (primary N) is 1. The van der Waals surface area contributed by atoms with E-state index in [0.717, 1.165) is 28.1 Å². The lowest BCUT2D eigenvalue weighted by molar-refractivity contribution is 0.00786. The van der Waals surface area contributed by atoms with E-state index < -0.39 is 12.0 Å². The summed E-state index contributed by atoms with van der Waals surface area (Å²) < 4.78 is 37.0. The summed E-state index contributed by atoms with van der Waals surface area (Å²) in [4.78, 5) is 25.9. The van der Waals surface area contributed by atoms with Crippen molar-refractivity contribution in [1.82, 2.24) is 19.8 Å². The maximum absolute atomic E-state index is 14.0. The zero-order valence-corrected chi connectivity index (χ0v) is 22.2. The summed E-state index contributed by atoms with van der Waals surface area (Å²) >= 11 is 0. The van der Waals surface area contributed by atoms with E-state index in [1.807, 2.05) is 48.2 Å². The van der Waals surface area contributed by atoms with E-state index in [1.54, 1.807) is 12.0 Å². The third-order valence-electron chi connectivity index (χ3n) is 7.69. The topological polar surface area (TPSA) is 106 Å². The minimum absolute atomic E-state index is 0.0592. The normalized spacial score (nSPS) is 16.6. The number of halogens is 2. The maximum atomic E-state index is 14.0. The number of piperidine rings is 1. The molecule has 1 aromatic heterocycles. The van der Waals surface area contributed by atoms with Crippen LogP contribution in [-0.2, 0) is 12.1 Å². The molecule has 9 nitrogen and oxygen atoms in total. The molecule has 39 heavy (non-hydrogen) atoms. The van der Waals surface area contributed by atoms with E-state index in [9.17, 15) is 13.6 Å². The van der Waals surface area contributed by atoms with Crippen molar-refractivity contribution in [2.24, 2.45) is 0 Å². The summed E-state index contributed by atoms with van der Waals surface area (Å²) in [5.41, 5.74) is 9.36. The van der Waals surface area contributed by atoms with Gasteiger partial charge in [-0.25, -0.2) is 18.7 Å². The number of ether oxygens (including phenoxy) is 2. The fourth-order valence-electron chi connectivity index (χ4n) is 5.78. The minimum Gasteiger partial charge on any atom is -0.497 e. The Kier molecular flexibility index (Phi) is 7.26. The number of fused-ring (bicyclic) bond motifs is 2. The molecule has 0 unspecified atom stereocenters. The van der Waals surface area contributed by atoms with Crippen molar-refractivity contribution in [2.45, 2.75) is 38.3 Å². The van der Waals surface area contributed by atoms with Crippen LogP contribution in [0.5, 0.6) is 11.5 Å². The number of likely N-dealkylation sites (tertiary alicyclic amines) is 1. The minimum atomic E-state index is -2.40. The Balaban J connectivity index is 1.54. The van der Waals surface area contributed by atoms with Gasteiger partial charge in [-0.15, -0.1) is 0 Å². The van der Waals surface area contributed by atoms with Crippen molar-refractivity contribution >= 4 is 23.2 Å². The quantitative estimate of drug-likeness (QED) is 0.436. The molecule has 2 aromatic carbocycles. The third kappa shape index (κ3) is 4.94. The Morgan fingerprint density at radius 2 is 1.82 bits per heavy atom. The molecule has 3 aromatic rings. The number of nitrogens with one attached hydrogen (secondary N) is 1. The summed E-state index contributed by atoms with van der Waals surface area (Å²) in [6.07, 6.45) is 0.0313. The van der Waals surface area contributed by atoms with Gasteiger partial charge in [0.15, 0.2) is 11.6 Å². The van der Waals surface area contributed by atoms with Crippen LogP contribution in [0.1, 0.15) is 39.9 Å². The van der Waals surface area contributed by atoms with Crippen LogP contribution in [0.2, 0.25) is 0 Å². The lowest BCUT2D eigenvalue weighted by atomic mass is 9.79. The van der Waals surface area contributed by atoms with Gasteiger partial charge in [-0.3, -0.25) is 9.69 Å². The molecule has 1 spiro atoms. The number of aryl methyl sites for hydroxylation is 1. The number of methoxy groups -OCH3 is 2. The van der Waals surface area contributed by atoms with Crippen LogP contribution in [0, 0.1) is 6.92 Å². The average Bonchev–Trinajstić information content (AvgIpc) is 3.13. The highest BCUT2D eigenvalue weighted by Gasteiger charge is 2.51. The number of carbonyl (C=O) groups is 1. The van der Waals surface area contributed by atoms with Gasteiger partial charge in [-0.1, -0.05) is 12.1 Å². The van der Waals surface area contributed by atoms with Gasteiger partial charge < -0.3 is 25.4 Å². The SMILES string of the molecule is COc1ccc(CN2C(=O)c3c(C)cc(Nc4ncnc(N)c4OC)cc3C23CCN(CC(F)F)CC3)cc1. The molecule has 1 saturated heterocycles. The second-order valence-corrected chi connectivity index (χ2v) is 9.94. The molecule has 1 fully saturated rings. The van der Waals surface area contributed by atoms with Crippen LogP contribution >= 0.6 is 0 Å². The predicted molar refractivity (Wildman–Crippen MR) is 144 cm³/mol. The van der Waals surface area contributed by atoms with Gasteiger partial charge in [0.2, 0.25) is 5.75 Å². The summed E-state index contributed by atoms with van der Waals surface area (Å²) in [5, 5.41) is 3.27. The van der Waals surface area contributed by atoms with E-state index in [0.29, 0.717) is 49.6 Å². The van der Waals surface area contributed by atoms with Crippen molar-refractivity contribution < 1.29 is 23.0 Å². The molecule has 3 N–H and O–H groups in total. The molecule has 3 heterocycles. The number of hydrogen-bond acceptors (Lipinski definition) is 8. The van der Waals surface area contributed by atoms with Crippen LogP contribution in [0.4, 0.5) is 26.1 Å². The first-order valence-corrected chi connectivity index (χ1v) is 12.8. The van der Waals surface area contributed by atoms with Crippen molar-refractivity contribution in [3.8, 4) is 11.5 Å². The smallest absolute Gasteiger partial charge is 0.255 e. The summed E-state index contributed by atoms with van der Waals surface area (Å²) in [7, 11) is 3.10. The Morgan fingerprint density at radius 1 is 1.10 bits per heavy atom. The summed E-state index contributed by atoms with van der Waals surface area (Å²) in [6, 6.07) is 11.5. The number of benzene rings is 2. The van der Waals surface area contributed by atoms with Crippen molar-refractivity contribution in [1.29, 1.82) is 0 Å². The zero-order chi connectivity index (χ0) is 27.7. The monoisotopic (exact) mass is 538 g/mol. The first-order valence-electron chi connectivity index (χ1n) is 12.8. The number of alkyl halides is 2. The maximum Gasteiger partial charge on any atom is 0.255 e. The van der Waals surface area contributed by atoms with Gasteiger partial charge >= 0.3 is 0 Å². The Morgan fingerprint density at radius 3 is 2.46 bits per heavy atom. The molecular formula is C28H32F2N6O3.